The number of nitrogens with zero attached hydrogens (tertiary/aromatic N) is 2. The van der Waals surface area contributed by atoms with Gasteiger partial charge in [-0.2, -0.15) is 0 Å². The van der Waals surface area contributed by atoms with E-state index in [9.17, 15) is 0 Å². The Kier molecular flexibility index (Phi) is 5.26. The number of nitrogens with one attached hydrogen (secondary N) is 1. The molecule has 0 aromatic carbocycles. The van der Waals surface area contributed by atoms with Gasteiger partial charge >= 0.3 is 0 Å². The minimum absolute atomic E-state index is 0.836. The lowest BCUT2D eigenvalue weighted by molar-refractivity contribution is 0.161. The zero-order chi connectivity index (χ0) is 12.1. The molecule has 2 fully saturated rings. The van der Waals surface area contributed by atoms with Crippen LogP contribution in [0.25, 0.3) is 0 Å². The fourth-order valence-electron chi connectivity index (χ4n) is 3.17. The first-order chi connectivity index (χ1) is 8.25. The molecule has 0 spiro atoms. The molecule has 0 amide bonds. The van der Waals surface area contributed by atoms with E-state index >= 15 is 0 Å². The van der Waals surface area contributed by atoms with Crippen LogP contribution in [0.2, 0.25) is 0 Å². The Morgan fingerprint density at radius 3 is 2.41 bits per heavy atom. The molecule has 2 saturated heterocycles. The van der Waals surface area contributed by atoms with Crippen LogP contribution in [0, 0.1) is 5.92 Å². The van der Waals surface area contributed by atoms with Crippen molar-refractivity contribution >= 4 is 0 Å². The molecule has 0 atom stereocenters. The second-order valence-electron chi connectivity index (χ2n) is 6.00. The van der Waals surface area contributed by atoms with Crippen LogP contribution in [-0.4, -0.2) is 62.7 Å². The van der Waals surface area contributed by atoms with Gasteiger partial charge in [-0.25, -0.2) is 0 Å². The minimum Gasteiger partial charge on any atom is -0.317 e. The van der Waals surface area contributed by atoms with Crippen molar-refractivity contribution in [1.82, 2.24) is 15.1 Å². The Morgan fingerprint density at radius 2 is 1.76 bits per heavy atom. The van der Waals surface area contributed by atoms with Gasteiger partial charge in [0.1, 0.15) is 0 Å². The van der Waals surface area contributed by atoms with E-state index in [0.717, 1.165) is 12.0 Å². The smallest absolute Gasteiger partial charge is 0.0116 e. The number of hydrogen-bond acceptors (Lipinski definition) is 3. The highest BCUT2D eigenvalue weighted by Crippen LogP contribution is 2.20. The summed E-state index contributed by atoms with van der Waals surface area (Å²) in [5, 5.41) is 3.45. The lowest BCUT2D eigenvalue weighted by Crippen LogP contribution is -2.42. The van der Waals surface area contributed by atoms with Crippen molar-refractivity contribution in [3.8, 4) is 0 Å². The fourth-order valence-corrected chi connectivity index (χ4v) is 3.17. The van der Waals surface area contributed by atoms with Crippen LogP contribution in [0.15, 0.2) is 0 Å². The van der Waals surface area contributed by atoms with Gasteiger partial charge in [-0.05, 0) is 84.8 Å². The quantitative estimate of drug-likeness (QED) is 0.800. The maximum atomic E-state index is 3.45. The van der Waals surface area contributed by atoms with Gasteiger partial charge in [-0.15, -0.1) is 0 Å². The highest BCUT2D eigenvalue weighted by Gasteiger charge is 2.20. The highest BCUT2D eigenvalue weighted by molar-refractivity contribution is 4.77. The van der Waals surface area contributed by atoms with Crippen molar-refractivity contribution in [2.24, 2.45) is 5.92 Å². The van der Waals surface area contributed by atoms with Gasteiger partial charge in [0.05, 0.1) is 0 Å². The summed E-state index contributed by atoms with van der Waals surface area (Å²) in [5.41, 5.74) is 0. The zero-order valence-electron chi connectivity index (χ0n) is 11.6. The van der Waals surface area contributed by atoms with E-state index < -0.39 is 0 Å². The molecule has 2 heterocycles. The van der Waals surface area contributed by atoms with E-state index in [0.29, 0.717) is 0 Å². The molecule has 100 valence electrons. The van der Waals surface area contributed by atoms with Crippen LogP contribution < -0.4 is 5.32 Å². The SMILES string of the molecule is CN1CCC(CCN(C)C2CCNCC2)CC1. The molecule has 1 N–H and O–H groups in total. The number of hydrogen-bond donors (Lipinski definition) is 1. The van der Waals surface area contributed by atoms with Crippen molar-refractivity contribution < 1.29 is 0 Å². The van der Waals surface area contributed by atoms with Gasteiger partial charge in [0.25, 0.3) is 0 Å². The van der Waals surface area contributed by atoms with Crippen LogP contribution >= 0.6 is 0 Å². The van der Waals surface area contributed by atoms with E-state index in [1.54, 1.807) is 0 Å². The van der Waals surface area contributed by atoms with E-state index in [-0.39, 0.29) is 0 Å². The summed E-state index contributed by atoms with van der Waals surface area (Å²) in [7, 11) is 4.57. The molecule has 2 aliphatic heterocycles. The van der Waals surface area contributed by atoms with Gasteiger partial charge in [0.15, 0.2) is 0 Å². The summed E-state index contributed by atoms with van der Waals surface area (Å²) >= 11 is 0. The Morgan fingerprint density at radius 1 is 1.12 bits per heavy atom. The predicted molar refractivity (Wildman–Crippen MR) is 73.4 cm³/mol. The van der Waals surface area contributed by atoms with E-state index in [1.165, 1.54) is 64.8 Å². The molecule has 0 aromatic rings. The zero-order valence-corrected chi connectivity index (χ0v) is 11.6. The van der Waals surface area contributed by atoms with Crippen molar-refractivity contribution in [3.63, 3.8) is 0 Å². The largest absolute Gasteiger partial charge is 0.317 e. The number of piperidine rings is 2. The summed E-state index contributed by atoms with van der Waals surface area (Å²) in [5.74, 6) is 0.982. The topological polar surface area (TPSA) is 18.5 Å². The monoisotopic (exact) mass is 239 g/mol. The van der Waals surface area contributed by atoms with E-state index in [4.69, 9.17) is 0 Å². The van der Waals surface area contributed by atoms with Gasteiger partial charge in [-0.1, -0.05) is 0 Å². The Labute approximate surface area is 107 Å². The minimum atomic E-state index is 0.836. The molecule has 3 nitrogen and oxygen atoms in total. The normalized spacial score (nSPS) is 25.6. The molecule has 2 rings (SSSR count). The van der Waals surface area contributed by atoms with Crippen molar-refractivity contribution in [2.45, 2.75) is 38.1 Å². The van der Waals surface area contributed by atoms with Gasteiger partial charge in [0, 0.05) is 6.04 Å². The lowest BCUT2D eigenvalue weighted by atomic mass is 9.93. The van der Waals surface area contributed by atoms with Crippen LogP contribution in [0.1, 0.15) is 32.1 Å². The molecule has 0 saturated carbocycles. The number of rotatable bonds is 4. The predicted octanol–water partition coefficient (Wildman–Crippen LogP) is 1.40. The molecule has 0 unspecified atom stereocenters. The summed E-state index contributed by atoms with van der Waals surface area (Å²) in [6.45, 7) is 6.34. The highest BCUT2D eigenvalue weighted by atomic mass is 15.1. The lowest BCUT2D eigenvalue weighted by Gasteiger charge is -2.34. The molecule has 0 bridgehead atoms. The van der Waals surface area contributed by atoms with E-state index in [2.05, 4.69) is 29.2 Å². The van der Waals surface area contributed by atoms with Crippen molar-refractivity contribution in [1.29, 1.82) is 0 Å². The van der Waals surface area contributed by atoms with E-state index in [1.807, 2.05) is 0 Å². The Bertz CT molecular complexity index is 206. The molecule has 17 heavy (non-hydrogen) atoms. The van der Waals surface area contributed by atoms with Crippen LogP contribution in [-0.2, 0) is 0 Å². The van der Waals surface area contributed by atoms with Crippen LogP contribution in [0.4, 0.5) is 0 Å². The standard InChI is InChI=1S/C14H29N3/c1-16-10-5-13(6-11-16)7-12-17(2)14-3-8-15-9-4-14/h13-15H,3-12H2,1-2H3. The average Bonchev–Trinajstić information content (AvgIpc) is 2.39. The third kappa shape index (κ3) is 4.23. The molecule has 0 radical (unpaired) electrons. The summed E-state index contributed by atoms with van der Waals surface area (Å²) in [6, 6.07) is 0.836. The average molecular weight is 239 g/mol. The first kappa shape index (κ1) is 13.3. The maximum Gasteiger partial charge on any atom is 0.0116 e. The number of likely N-dealkylation sites (tertiary alicyclic amines) is 1. The third-order valence-electron chi connectivity index (χ3n) is 4.66. The van der Waals surface area contributed by atoms with Gasteiger partial charge < -0.3 is 15.1 Å². The van der Waals surface area contributed by atoms with Crippen molar-refractivity contribution in [3.05, 3.63) is 0 Å². The van der Waals surface area contributed by atoms with Crippen LogP contribution in [0.5, 0.6) is 0 Å². The van der Waals surface area contributed by atoms with Crippen LogP contribution in [0.3, 0.4) is 0 Å². The van der Waals surface area contributed by atoms with Gasteiger partial charge in [-0.3, -0.25) is 0 Å². The molecular weight excluding hydrogens is 210 g/mol. The third-order valence-corrected chi connectivity index (χ3v) is 4.66. The Balaban J connectivity index is 1.63. The summed E-state index contributed by atoms with van der Waals surface area (Å²) < 4.78 is 0. The Hall–Kier alpha value is -0.120. The maximum absolute atomic E-state index is 3.45. The van der Waals surface area contributed by atoms with Crippen molar-refractivity contribution in [2.75, 3.05) is 46.8 Å². The molecule has 0 aromatic heterocycles. The fraction of sp³-hybridized carbons (Fsp3) is 1.00. The first-order valence-electron chi connectivity index (χ1n) is 7.35. The molecule has 3 heteroatoms. The summed E-state index contributed by atoms with van der Waals surface area (Å²) in [6.07, 6.45) is 6.91. The molecule has 2 aliphatic rings. The van der Waals surface area contributed by atoms with Gasteiger partial charge in [0.2, 0.25) is 0 Å². The second-order valence-corrected chi connectivity index (χ2v) is 6.00. The second kappa shape index (κ2) is 6.72. The molecular formula is C14H29N3. The summed E-state index contributed by atoms with van der Waals surface area (Å²) in [4.78, 5) is 5.08. The first-order valence-corrected chi connectivity index (χ1v) is 7.35. The molecule has 0 aliphatic carbocycles.